The van der Waals surface area contributed by atoms with Crippen LogP contribution < -0.4 is 20.1 Å². The number of benzene rings is 1. The van der Waals surface area contributed by atoms with Gasteiger partial charge in [-0.25, -0.2) is 4.98 Å². The number of nitrogens with one attached hydrogen (secondary N) is 2. The second kappa shape index (κ2) is 9.14. The molecule has 3 aromatic rings. The summed E-state index contributed by atoms with van der Waals surface area (Å²) >= 11 is 0. The molecule has 0 spiro atoms. The fraction of sp³-hybridized carbons (Fsp3) is 0.304. The molecule has 0 atom stereocenters. The highest BCUT2D eigenvalue weighted by Crippen LogP contribution is 2.36. The molecule has 33 heavy (non-hydrogen) atoms. The molecule has 0 saturated heterocycles. The minimum Gasteiger partial charge on any atom is -0.496 e. The van der Waals surface area contributed by atoms with E-state index in [1.807, 2.05) is 28.0 Å². The number of pyridine rings is 1. The smallest absolute Gasteiger partial charge is 0.405 e. The van der Waals surface area contributed by atoms with Crippen molar-refractivity contribution in [2.24, 2.45) is 0 Å². The maximum absolute atomic E-state index is 12.5. The Kier molecular flexibility index (Phi) is 6.28. The largest absolute Gasteiger partial charge is 0.496 e. The molecule has 0 bridgehead atoms. The zero-order valence-corrected chi connectivity index (χ0v) is 18.1. The quantitative estimate of drug-likeness (QED) is 0.587. The highest BCUT2D eigenvalue weighted by Gasteiger charge is 2.30. The van der Waals surface area contributed by atoms with E-state index in [2.05, 4.69) is 16.4 Å². The number of rotatable bonds is 6. The van der Waals surface area contributed by atoms with E-state index in [-0.39, 0.29) is 17.1 Å². The Morgan fingerprint density at radius 3 is 2.52 bits per heavy atom. The number of carbonyl (C=O) groups excluding carboxylic acids is 1. The van der Waals surface area contributed by atoms with Gasteiger partial charge in [-0.15, -0.1) is 0 Å². The SMILES string of the molecule is COc1cc(-c2cnc3cc(C4=CCNCC4)ccn23)cc(OC)c1C(=O)NCC(F)(F)F. The van der Waals surface area contributed by atoms with E-state index in [9.17, 15) is 18.0 Å². The minimum atomic E-state index is -4.53. The van der Waals surface area contributed by atoms with Gasteiger partial charge in [0.25, 0.3) is 5.91 Å². The van der Waals surface area contributed by atoms with Gasteiger partial charge in [0.1, 0.15) is 29.3 Å². The average Bonchev–Trinajstić information content (AvgIpc) is 3.25. The van der Waals surface area contributed by atoms with Crippen molar-refractivity contribution in [2.45, 2.75) is 12.6 Å². The van der Waals surface area contributed by atoms with Crippen molar-refractivity contribution < 1.29 is 27.4 Å². The minimum absolute atomic E-state index is 0.0930. The predicted octanol–water partition coefficient (Wildman–Crippen LogP) is 3.69. The number of methoxy groups -OCH3 is 2. The third-order valence-corrected chi connectivity index (χ3v) is 5.43. The first kappa shape index (κ1) is 22.7. The molecule has 1 aliphatic rings. The molecule has 2 N–H and O–H groups in total. The summed E-state index contributed by atoms with van der Waals surface area (Å²) in [7, 11) is 2.68. The lowest BCUT2D eigenvalue weighted by molar-refractivity contribution is -0.123. The number of nitrogens with zero attached hydrogens (tertiary/aromatic N) is 2. The van der Waals surface area contributed by atoms with Crippen molar-refractivity contribution in [1.29, 1.82) is 0 Å². The van der Waals surface area contributed by atoms with Crippen LogP contribution >= 0.6 is 0 Å². The molecule has 1 aromatic carbocycles. The third kappa shape index (κ3) is 4.80. The predicted molar refractivity (Wildman–Crippen MR) is 118 cm³/mol. The van der Waals surface area contributed by atoms with Crippen LogP contribution in [0.4, 0.5) is 13.2 Å². The molecule has 0 aliphatic carbocycles. The van der Waals surface area contributed by atoms with Gasteiger partial charge in [0.15, 0.2) is 0 Å². The van der Waals surface area contributed by atoms with E-state index in [1.54, 1.807) is 18.3 Å². The molecule has 2 aromatic heterocycles. The lowest BCUT2D eigenvalue weighted by Gasteiger charge is -2.16. The van der Waals surface area contributed by atoms with Crippen LogP contribution in [0.5, 0.6) is 11.5 Å². The van der Waals surface area contributed by atoms with Crippen LogP contribution in [0.3, 0.4) is 0 Å². The van der Waals surface area contributed by atoms with Gasteiger partial charge < -0.3 is 20.1 Å². The molecule has 174 valence electrons. The summed E-state index contributed by atoms with van der Waals surface area (Å²) in [4.78, 5) is 17.0. The number of ether oxygens (including phenoxy) is 2. The number of halogens is 3. The van der Waals surface area contributed by atoms with Crippen LogP contribution in [-0.2, 0) is 0 Å². The van der Waals surface area contributed by atoms with Gasteiger partial charge in [-0.05, 0) is 48.4 Å². The molecule has 3 heterocycles. The maximum Gasteiger partial charge on any atom is 0.405 e. The van der Waals surface area contributed by atoms with Crippen molar-refractivity contribution in [3.63, 3.8) is 0 Å². The van der Waals surface area contributed by atoms with E-state index < -0.39 is 18.6 Å². The molecule has 4 rings (SSSR count). The van der Waals surface area contributed by atoms with Gasteiger partial charge in [0, 0.05) is 18.3 Å². The van der Waals surface area contributed by atoms with E-state index in [0.29, 0.717) is 5.56 Å². The molecule has 0 unspecified atom stereocenters. The number of hydrogen-bond acceptors (Lipinski definition) is 5. The van der Waals surface area contributed by atoms with E-state index in [1.165, 1.54) is 19.8 Å². The Balaban J connectivity index is 1.71. The van der Waals surface area contributed by atoms with Crippen LogP contribution in [-0.4, -0.2) is 55.3 Å². The summed E-state index contributed by atoms with van der Waals surface area (Å²) in [6.07, 6.45) is 2.18. The summed E-state index contributed by atoms with van der Waals surface area (Å²) < 4.78 is 50.2. The van der Waals surface area contributed by atoms with Gasteiger partial charge in [-0.2, -0.15) is 13.2 Å². The maximum atomic E-state index is 12.5. The number of amides is 1. The van der Waals surface area contributed by atoms with Crippen LogP contribution in [0.2, 0.25) is 0 Å². The number of alkyl halides is 3. The first-order valence-electron chi connectivity index (χ1n) is 10.3. The number of carbonyl (C=O) groups is 1. The molecule has 10 heteroatoms. The summed E-state index contributed by atoms with van der Waals surface area (Å²) in [5.74, 6) is -0.753. The Bertz CT molecular complexity index is 1190. The van der Waals surface area contributed by atoms with Crippen molar-refractivity contribution in [3.05, 3.63) is 53.9 Å². The molecular formula is C23H23F3N4O3. The molecule has 7 nitrogen and oxygen atoms in total. The zero-order chi connectivity index (χ0) is 23.6. The van der Waals surface area contributed by atoms with Gasteiger partial charge >= 0.3 is 6.18 Å². The van der Waals surface area contributed by atoms with Crippen molar-refractivity contribution in [1.82, 2.24) is 20.0 Å². The second-order valence-corrected chi connectivity index (χ2v) is 7.52. The molecule has 1 amide bonds. The normalized spacial score (nSPS) is 14.2. The average molecular weight is 460 g/mol. The highest BCUT2D eigenvalue weighted by atomic mass is 19.4. The molecular weight excluding hydrogens is 437 g/mol. The lowest BCUT2D eigenvalue weighted by atomic mass is 10.0. The van der Waals surface area contributed by atoms with Crippen molar-refractivity contribution >= 4 is 17.1 Å². The van der Waals surface area contributed by atoms with Crippen molar-refractivity contribution in [2.75, 3.05) is 33.9 Å². The number of fused-ring (bicyclic) bond motifs is 1. The standard InChI is InChI=1S/C23H23F3N4O3/c1-32-18-9-16(10-19(33-2)21(18)22(31)29-13-23(24,25)26)17-12-28-20-11-15(5-8-30(17)20)14-3-6-27-7-4-14/h3,5,8-12,27H,4,6-7,13H2,1-2H3,(H,29,31). The molecule has 0 radical (unpaired) electrons. The second-order valence-electron chi connectivity index (χ2n) is 7.52. The fourth-order valence-corrected chi connectivity index (χ4v) is 3.83. The molecule has 0 fully saturated rings. The van der Waals surface area contributed by atoms with E-state index >= 15 is 0 Å². The third-order valence-electron chi connectivity index (χ3n) is 5.43. The highest BCUT2D eigenvalue weighted by molar-refractivity contribution is 6.00. The van der Waals surface area contributed by atoms with Gasteiger partial charge in [0.2, 0.25) is 0 Å². The monoisotopic (exact) mass is 460 g/mol. The summed E-state index contributed by atoms with van der Waals surface area (Å²) in [6.45, 7) is 0.309. The molecule has 1 aliphatic heterocycles. The summed E-state index contributed by atoms with van der Waals surface area (Å²) in [5.41, 5.74) is 4.35. The van der Waals surface area contributed by atoms with Crippen LogP contribution in [0.15, 0.2) is 42.7 Å². The zero-order valence-electron chi connectivity index (χ0n) is 18.1. The van der Waals surface area contributed by atoms with Crippen LogP contribution in [0.1, 0.15) is 22.3 Å². The van der Waals surface area contributed by atoms with Crippen LogP contribution in [0.25, 0.3) is 22.5 Å². The molecule has 0 saturated carbocycles. The Morgan fingerprint density at radius 1 is 1.18 bits per heavy atom. The topological polar surface area (TPSA) is 76.9 Å². The summed E-state index contributed by atoms with van der Waals surface area (Å²) in [6, 6.07) is 7.19. The van der Waals surface area contributed by atoms with Gasteiger partial charge in [0.05, 0.1) is 26.1 Å². The number of aromatic nitrogens is 2. The summed E-state index contributed by atoms with van der Waals surface area (Å²) in [5, 5.41) is 5.15. The first-order valence-corrected chi connectivity index (χ1v) is 10.3. The van der Waals surface area contributed by atoms with Crippen molar-refractivity contribution in [3.8, 4) is 22.8 Å². The Labute approximate surface area is 188 Å². The fourth-order valence-electron chi connectivity index (χ4n) is 3.83. The number of hydrogen-bond donors (Lipinski definition) is 2. The lowest BCUT2D eigenvalue weighted by Crippen LogP contribution is -2.34. The van der Waals surface area contributed by atoms with Gasteiger partial charge in [-0.1, -0.05) is 6.08 Å². The number of imidazole rings is 1. The van der Waals surface area contributed by atoms with E-state index in [4.69, 9.17) is 9.47 Å². The Hall–Kier alpha value is -3.53. The Morgan fingerprint density at radius 2 is 1.91 bits per heavy atom. The van der Waals surface area contributed by atoms with Gasteiger partial charge in [-0.3, -0.25) is 9.20 Å². The first-order chi connectivity index (χ1) is 15.8. The van der Waals surface area contributed by atoms with Crippen LogP contribution in [0, 0.1) is 0 Å². The van der Waals surface area contributed by atoms with E-state index in [0.717, 1.165) is 36.4 Å².